The largest absolute Gasteiger partial charge is 0.446 e. The fourth-order valence-electron chi connectivity index (χ4n) is 3.24. The van der Waals surface area contributed by atoms with Crippen LogP contribution in [-0.2, 0) is 11.3 Å². The number of primary amides is 1. The van der Waals surface area contributed by atoms with Crippen LogP contribution in [0.1, 0.15) is 18.4 Å². The Bertz CT molecular complexity index is 876. The van der Waals surface area contributed by atoms with Crippen LogP contribution in [0.3, 0.4) is 0 Å². The summed E-state index contributed by atoms with van der Waals surface area (Å²) in [7, 11) is 0. The fourth-order valence-corrected chi connectivity index (χ4v) is 3.24. The van der Waals surface area contributed by atoms with Gasteiger partial charge in [0.15, 0.2) is 0 Å². The van der Waals surface area contributed by atoms with Gasteiger partial charge >= 0.3 is 6.09 Å². The van der Waals surface area contributed by atoms with E-state index in [0.717, 1.165) is 43.4 Å². The van der Waals surface area contributed by atoms with Gasteiger partial charge in [-0.2, -0.15) is 5.26 Å². The summed E-state index contributed by atoms with van der Waals surface area (Å²) in [5.41, 5.74) is 6.29. The molecule has 0 atom stereocenters. The maximum Gasteiger partial charge on any atom is 0.404 e. The lowest BCUT2D eigenvalue weighted by molar-refractivity contribution is 0.0554. The number of ether oxygens (including phenoxy) is 1. The van der Waals surface area contributed by atoms with E-state index in [2.05, 4.69) is 11.0 Å². The van der Waals surface area contributed by atoms with Crippen molar-refractivity contribution in [1.82, 2.24) is 9.47 Å². The Morgan fingerprint density at radius 3 is 2.64 bits per heavy atom. The highest BCUT2D eigenvalue weighted by Crippen LogP contribution is 2.16. The number of pyridine rings is 1. The van der Waals surface area contributed by atoms with Crippen molar-refractivity contribution in [3.05, 3.63) is 46.2 Å². The summed E-state index contributed by atoms with van der Waals surface area (Å²) < 4.78 is 6.74. The zero-order valence-corrected chi connectivity index (χ0v) is 13.9. The summed E-state index contributed by atoms with van der Waals surface area (Å²) in [5.74, 6) is 0. The van der Waals surface area contributed by atoms with Crippen molar-refractivity contribution < 1.29 is 9.53 Å². The molecule has 2 N–H and O–H groups in total. The molecule has 1 aliphatic rings. The lowest BCUT2D eigenvalue weighted by atomic mass is 10.1. The molecule has 0 aliphatic carbocycles. The quantitative estimate of drug-likeness (QED) is 0.907. The molecule has 130 valence electrons. The minimum absolute atomic E-state index is 0.0745. The normalized spacial score (nSPS) is 15.8. The monoisotopic (exact) mass is 340 g/mol. The number of amides is 1. The molecule has 1 amide bonds. The van der Waals surface area contributed by atoms with Crippen molar-refractivity contribution in [1.29, 1.82) is 5.26 Å². The number of rotatable bonds is 4. The van der Waals surface area contributed by atoms with E-state index in [0.29, 0.717) is 12.1 Å². The number of nitrogens with two attached hydrogens (primary N) is 1. The van der Waals surface area contributed by atoms with Gasteiger partial charge in [-0.1, -0.05) is 6.07 Å². The van der Waals surface area contributed by atoms with Crippen LogP contribution in [0.15, 0.2) is 35.1 Å². The summed E-state index contributed by atoms with van der Waals surface area (Å²) in [4.78, 5) is 25.3. The number of nitriles is 1. The first-order valence-electron chi connectivity index (χ1n) is 8.29. The van der Waals surface area contributed by atoms with E-state index in [1.807, 2.05) is 6.07 Å². The fraction of sp³-hybridized carbons (Fsp3) is 0.389. The zero-order valence-electron chi connectivity index (χ0n) is 13.9. The molecule has 1 saturated heterocycles. The molecule has 7 nitrogen and oxygen atoms in total. The Kier molecular flexibility index (Phi) is 5.00. The third-order valence-corrected chi connectivity index (χ3v) is 4.58. The van der Waals surface area contributed by atoms with Gasteiger partial charge in [-0.25, -0.2) is 4.79 Å². The van der Waals surface area contributed by atoms with Crippen LogP contribution in [-0.4, -0.2) is 41.3 Å². The highest BCUT2D eigenvalue weighted by atomic mass is 16.6. The van der Waals surface area contributed by atoms with Crippen LogP contribution < -0.4 is 11.3 Å². The molecule has 0 radical (unpaired) electrons. The Morgan fingerprint density at radius 1 is 1.24 bits per heavy atom. The third-order valence-electron chi connectivity index (χ3n) is 4.58. The Morgan fingerprint density at radius 2 is 1.96 bits per heavy atom. The second-order valence-electron chi connectivity index (χ2n) is 6.19. The zero-order chi connectivity index (χ0) is 17.8. The molecule has 0 bridgehead atoms. The maximum atomic E-state index is 12.3. The number of hydrogen-bond donors (Lipinski definition) is 1. The Hall–Kier alpha value is -2.85. The van der Waals surface area contributed by atoms with E-state index < -0.39 is 6.09 Å². The summed E-state index contributed by atoms with van der Waals surface area (Å²) in [6.45, 7) is 2.85. The summed E-state index contributed by atoms with van der Waals surface area (Å²) >= 11 is 0. The SMILES string of the molecule is N#Cc1ccc2ccc(=O)n(CCN3CCC(OC(N)=O)CC3)c2c1. The van der Waals surface area contributed by atoms with Crippen LogP contribution >= 0.6 is 0 Å². The van der Waals surface area contributed by atoms with E-state index in [4.69, 9.17) is 15.7 Å². The van der Waals surface area contributed by atoms with Gasteiger partial charge in [0.1, 0.15) is 6.10 Å². The van der Waals surface area contributed by atoms with E-state index in [1.54, 1.807) is 28.8 Å². The van der Waals surface area contributed by atoms with Gasteiger partial charge < -0.3 is 19.9 Å². The number of benzene rings is 1. The first kappa shape index (κ1) is 17.0. The highest BCUT2D eigenvalue weighted by Gasteiger charge is 2.21. The molecule has 0 spiro atoms. The number of carbonyl (C=O) groups is 1. The molecule has 7 heteroatoms. The minimum atomic E-state index is -0.728. The van der Waals surface area contributed by atoms with Gasteiger partial charge in [0, 0.05) is 32.2 Å². The number of carbonyl (C=O) groups excluding carboxylic acids is 1. The highest BCUT2D eigenvalue weighted by molar-refractivity contribution is 5.80. The van der Waals surface area contributed by atoms with E-state index in [9.17, 15) is 9.59 Å². The average Bonchev–Trinajstić information content (AvgIpc) is 2.61. The summed E-state index contributed by atoms with van der Waals surface area (Å²) in [5, 5.41) is 10.0. The lowest BCUT2D eigenvalue weighted by Gasteiger charge is -2.31. The molecule has 1 fully saturated rings. The van der Waals surface area contributed by atoms with Gasteiger partial charge in [0.25, 0.3) is 5.56 Å². The summed E-state index contributed by atoms with van der Waals surface area (Å²) in [6.07, 6.45) is 0.638. The molecule has 1 aliphatic heterocycles. The van der Waals surface area contributed by atoms with Crippen LogP contribution in [0.2, 0.25) is 0 Å². The van der Waals surface area contributed by atoms with E-state index in [1.165, 1.54) is 0 Å². The van der Waals surface area contributed by atoms with Crippen LogP contribution in [0, 0.1) is 11.3 Å². The molecule has 1 aromatic heterocycles. The number of nitrogens with zero attached hydrogens (tertiary/aromatic N) is 3. The van der Waals surface area contributed by atoms with Crippen molar-refractivity contribution in [2.24, 2.45) is 5.73 Å². The molecular formula is C18H20N4O3. The van der Waals surface area contributed by atoms with Gasteiger partial charge in [-0.15, -0.1) is 0 Å². The first-order chi connectivity index (χ1) is 12.1. The van der Waals surface area contributed by atoms with Crippen molar-refractivity contribution in [2.45, 2.75) is 25.5 Å². The number of piperidine rings is 1. The van der Waals surface area contributed by atoms with Crippen molar-refractivity contribution in [2.75, 3.05) is 19.6 Å². The second kappa shape index (κ2) is 7.36. The molecule has 2 heterocycles. The number of aromatic nitrogens is 1. The topological polar surface area (TPSA) is 101 Å². The second-order valence-corrected chi connectivity index (χ2v) is 6.19. The standard InChI is InChI=1S/C18H20N4O3/c19-12-13-1-2-14-3-4-17(23)22(16(14)11-13)10-9-21-7-5-15(6-8-21)25-18(20)24/h1-4,11,15H,5-10H2,(H2,20,24). The van der Waals surface area contributed by atoms with Gasteiger partial charge in [0.2, 0.25) is 0 Å². The van der Waals surface area contributed by atoms with E-state index >= 15 is 0 Å². The van der Waals surface area contributed by atoms with Crippen LogP contribution in [0.25, 0.3) is 10.9 Å². The summed E-state index contributed by atoms with van der Waals surface area (Å²) in [6, 6.07) is 10.8. The van der Waals surface area contributed by atoms with E-state index in [-0.39, 0.29) is 11.7 Å². The van der Waals surface area contributed by atoms with Gasteiger partial charge in [-0.05, 0) is 36.4 Å². The Balaban J connectivity index is 1.70. The maximum absolute atomic E-state index is 12.3. The first-order valence-corrected chi connectivity index (χ1v) is 8.29. The van der Waals surface area contributed by atoms with Crippen molar-refractivity contribution in [3.63, 3.8) is 0 Å². The van der Waals surface area contributed by atoms with Crippen LogP contribution in [0.4, 0.5) is 4.79 Å². The molecule has 2 aromatic rings. The molecular weight excluding hydrogens is 320 g/mol. The Labute approximate surface area is 145 Å². The number of likely N-dealkylation sites (tertiary alicyclic amines) is 1. The van der Waals surface area contributed by atoms with Crippen molar-refractivity contribution >= 4 is 17.0 Å². The predicted molar refractivity (Wildman–Crippen MR) is 93.1 cm³/mol. The molecule has 1 aromatic carbocycles. The average molecular weight is 340 g/mol. The van der Waals surface area contributed by atoms with Gasteiger partial charge in [-0.3, -0.25) is 4.79 Å². The van der Waals surface area contributed by atoms with Crippen molar-refractivity contribution in [3.8, 4) is 6.07 Å². The number of fused-ring (bicyclic) bond motifs is 1. The lowest BCUT2D eigenvalue weighted by Crippen LogP contribution is -2.40. The molecule has 0 saturated carbocycles. The van der Waals surface area contributed by atoms with Gasteiger partial charge in [0.05, 0.1) is 17.1 Å². The third kappa shape index (κ3) is 3.98. The minimum Gasteiger partial charge on any atom is -0.446 e. The predicted octanol–water partition coefficient (Wildman–Crippen LogP) is 1.43. The van der Waals surface area contributed by atoms with Crippen LogP contribution in [0.5, 0.6) is 0 Å². The number of hydrogen-bond acceptors (Lipinski definition) is 5. The molecule has 25 heavy (non-hydrogen) atoms. The smallest absolute Gasteiger partial charge is 0.404 e. The molecule has 3 rings (SSSR count). The molecule has 0 unspecified atom stereocenters.